The molecule has 0 atom stereocenters. The largest absolute Gasteiger partial charge is 0.478 e. The van der Waals surface area contributed by atoms with E-state index in [2.05, 4.69) is 4.98 Å². The predicted octanol–water partition coefficient (Wildman–Crippen LogP) is 1.21. The lowest BCUT2D eigenvalue weighted by Crippen LogP contribution is -2.32. The number of nitrogen functional groups attached to an aromatic ring is 1. The van der Waals surface area contributed by atoms with Crippen molar-refractivity contribution in [2.75, 3.05) is 5.73 Å². The first-order valence-corrected chi connectivity index (χ1v) is 5.04. The van der Waals surface area contributed by atoms with Crippen molar-refractivity contribution in [1.29, 1.82) is 0 Å². The third-order valence-electron chi connectivity index (χ3n) is 2.67. The van der Waals surface area contributed by atoms with E-state index in [9.17, 15) is 4.79 Å². The predicted molar refractivity (Wildman–Crippen MR) is 58.2 cm³/mol. The van der Waals surface area contributed by atoms with E-state index >= 15 is 0 Å². The molecule has 2 heterocycles. The molecule has 0 saturated carbocycles. The molecule has 0 bridgehead atoms. The van der Waals surface area contributed by atoms with Gasteiger partial charge in [0.2, 0.25) is 0 Å². The molecule has 0 aliphatic carbocycles. The smallest absolute Gasteiger partial charge is 0.339 e. The summed E-state index contributed by atoms with van der Waals surface area (Å²) in [5, 5.41) is 8.95. The van der Waals surface area contributed by atoms with Gasteiger partial charge in [0.25, 0.3) is 0 Å². The van der Waals surface area contributed by atoms with Crippen LogP contribution in [0.5, 0.6) is 0 Å². The summed E-state index contributed by atoms with van der Waals surface area (Å²) in [6.07, 6.45) is 0.649. The monoisotopic (exact) mass is 222 g/mol. The maximum Gasteiger partial charge on any atom is 0.339 e. The minimum absolute atomic E-state index is 0.0505. The lowest BCUT2D eigenvalue weighted by Gasteiger charge is -2.31. The van der Waals surface area contributed by atoms with E-state index < -0.39 is 5.97 Å². The van der Waals surface area contributed by atoms with Crippen molar-refractivity contribution >= 4 is 11.8 Å². The molecule has 3 N–H and O–H groups in total. The van der Waals surface area contributed by atoms with Crippen LogP contribution in [0.1, 0.15) is 35.5 Å². The summed E-state index contributed by atoms with van der Waals surface area (Å²) in [5.41, 5.74) is 7.00. The summed E-state index contributed by atoms with van der Waals surface area (Å²) in [7, 11) is 0. The molecule has 2 rings (SSSR count). The third kappa shape index (κ3) is 1.86. The highest BCUT2D eigenvalue weighted by Gasteiger charge is 2.28. The Morgan fingerprint density at radius 2 is 2.31 bits per heavy atom. The van der Waals surface area contributed by atoms with Crippen molar-refractivity contribution in [3.8, 4) is 0 Å². The summed E-state index contributed by atoms with van der Waals surface area (Å²) >= 11 is 0. The number of fused-ring (bicyclic) bond motifs is 1. The average molecular weight is 222 g/mol. The Labute approximate surface area is 93.2 Å². The Morgan fingerprint density at radius 1 is 1.62 bits per heavy atom. The number of carboxylic acid groups (broad SMARTS) is 1. The van der Waals surface area contributed by atoms with Gasteiger partial charge >= 0.3 is 5.97 Å². The maximum absolute atomic E-state index is 10.9. The lowest BCUT2D eigenvalue weighted by atomic mass is 9.93. The molecule has 0 saturated heterocycles. The van der Waals surface area contributed by atoms with Gasteiger partial charge in [-0.05, 0) is 25.5 Å². The number of ether oxygens (including phenoxy) is 1. The van der Waals surface area contributed by atoms with Gasteiger partial charge in [-0.1, -0.05) is 0 Å². The van der Waals surface area contributed by atoms with Gasteiger partial charge in [-0.3, -0.25) is 0 Å². The van der Waals surface area contributed by atoms with Gasteiger partial charge in [0, 0.05) is 6.42 Å². The van der Waals surface area contributed by atoms with E-state index in [1.165, 1.54) is 0 Å². The molecule has 5 heteroatoms. The molecule has 1 aromatic heterocycles. The van der Waals surface area contributed by atoms with Crippen molar-refractivity contribution in [2.45, 2.75) is 32.5 Å². The molecule has 1 aliphatic heterocycles. The van der Waals surface area contributed by atoms with E-state index in [1.807, 2.05) is 13.8 Å². The van der Waals surface area contributed by atoms with Gasteiger partial charge in [-0.15, -0.1) is 0 Å². The zero-order valence-electron chi connectivity index (χ0n) is 9.28. The molecule has 16 heavy (non-hydrogen) atoms. The number of rotatable bonds is 1. The Balaban J connectivity index is 2.48. The van der Waals surface area contributed by atoms with Crippen LogP contribution < -0.4 is 5.73 Å². The molecule has 0 unspecified atom stereocenters. The van der Waals surface area contributed by atoms with Crippen LogP contribution in [0.3, 0.4) is 0 Å². The molecule has 1 aliphatic rings. The van der Waals surface area contributed by atoms with Crippen LogP contribution in [-0.2, 0) is 17.8 Å². The number of pyridine rings is 1. The van der Waals surface area contributed by atoms with Crippen LogP contribution in [0.4, 0.5) is 5.82 Å². The third-order valence-corrected chi connectivity index (χ3v) is 2.67. The number of aromatic nitrogens is 1. The lowest BCUT2D eigenvalue weighted by molar-refractivity contribution is -0.0420. The number of hydrogen-bond donors (Lipinski definition) is 2. The van der Waals surface area contributed by atoms with Crippen LogP contribution in [0.2, 0.25) is 0 Å². The molecule has 0 fully saturated rings. The molecule has 0 aromatic carbocycles. The van der Waals surface area contributed by atoms with E-state index in [0.29, 0.717) is 13.0 Å². The van der Waals surface area contributed by atoms with Gasteiger partial charge in [0.1, 0.15) is 11.4 Å². The van der Waals surface area contributed by atoms with E-state index in [0.717, 1.165) is 11.3 Å². The fraction of sp³-hybridized carbons (Fsp3) is 0.455. The number of nitrogens with zero attached hydrogens (tertiary/aromatic N) is 1. The molecule has 5 nitrogen and oxygen atoms in total. The number of carboxylic acids is 1. The summed E-state index contributed by atoms with van der Waals surface area (Å²) < 4.78 is 5.58. The molecular formula is C11H14N2O3. The highest BCUT2D eigenvalue weighted by molar-refractivity contribution is 5.92. The number of anilines is 1. The van der Waals surface area contributed by atoms with Gasteiger partial charge in [0.15, 0.2) is 0 Å². The molecule has 0 spiro atoms. The summed E-state index contributed by atoms with van der Waals surface area (Å²) in [6.45, 7) is 4.31. The van der Waals surface area contributed by atoms with Crippen LogP contribution >= 0.6 is 0 Å². The van der Waals surface area contributed by atoms with Gasteiger partial charge < -0.3 is 15.6 Å². The number of nitrogens with two attached hydrogens (primary N) is 1. The zero-order valence-corrected chi connectivity index (χ0v) is 9.28. The fourth-order valence-corrected chi connectivity index (χ4v) is 1.83. The number of hydrogen-bond acceptors (Lipinski definition) is 4. The minimum Gasteiger partial charge on any atom is -0.478 e. The second kappa shape index (κ2) is 3.45. The van der Waals surface area contributed by atoms with Crippen LogP contribution in [0.25, 0.3) is 0 Å². The Hall–Kier alpha value is -1.62. The zero-order chi connectivity index (χ0) is 11.9. The maximum atomic E-state index is 10.9. The van der Waals surface area contributed by atoms with Crippen molar-refractivity contribution < 1.29 is 14.6 Å². The van der Waals surface area contributed by atoms with Crippen LogP contribution in [-0.4, -0.2) is 21.7 Å². The topological polar surface area (TPSA) is 85.4 Å². The Bertz CT molecular complexity index is 455. The fourth-order valence-electron chi connectivity index (χ4n) is 1.83. The van der Waals surface area contributed by atoms with Gasteiger partial charge in [-0.2, -0.15) is 0 Å². The van der Waals surface area contributed by atoms with Gasteiger partial charge in [-0.25, -0.2) is 9.78 Å². The second-order valence-corrected chi connectivity index (χ2v) is 4.56. The highest BCUT2D eigenvalue weighted by Crippen LogP contribution is 2.28. The number of aromatic carboxylic acids is 1. The first-order chi connectivity index (χ1) is 7.39. The molecular weight excluding hydrogens is 208 g/mol. The van der Waals surface area contributed by atoms with Gasteiger partial charge in [0.05, 0.1) is 17.9 Å². The Kier molecular flexibility index (Phi) is 2.35. The normalized spacial score (nSPS) is 17.9. The summed E-state index contributed by atoms with van der Waals surface area (Å²) in [5.74, 6) is -0.994. The molecule has 1 aromatic rings. The Morgan fingerprint density at radius 3 is 2.94 bits per heavy atom. The highest BCUT2D eigenvalue weighted by atomic mass is 16.5. The number of carbonyl (C=O) groups is 1. The van der Waals surface area contributed by atoms with Crippen molar-refractivity contribution in [3.05, 3.63) is 22.9 Å². The van der Waals surface area contributed by atoms with Crippen molar-refractivity contribution in [1.82, 2.24) is 4.98 Å². The summed E-state index contributed by atoms with van der Waals surface area (Å²) in [6, 6.07) is 1.60. The van der Waals surface area contributed by atoms with Crippen LogP contribution in [0.15, 0.2) is 6.07 Å². The van der Waals surface area contributed by atoms with E-state index in [-0.39, 0.29) is 17.0 Å². The quantitative estimate of drug-likeness (QED) is 0.746. The molecule has 0 amide bonds. The second-order valence-electron chi connectivity index (χ2n) is 4.56. The average Bonchev–Trinajstić information content (AvgIpc) is 2.16. The first-order valence-electron chi connectivity index (χ1n) is 5.04. The van der Waals surface area contributed by atoms with Crippen LogP contribution in [0, 0.1) is 0 Å². The van der Waals surface area contributed by atoms with Crippen molar-refractivity contribution in [3.63, 3.8) is 0 Å². The molecule has 0 radical (unpaired) electrons. The minimum atomic E-state index is -1.04. The van der Waals surface area contributed by atoms with E-state index in [1.54, 1.807) is 6.07 Å². The standard InChI is InChI=1S/C11H14N2O3/c1-11(2)4-6-3-7(10(14)15)9(12)13-8(6)5-16-11/h3H,4-5H2,1-2H3,(H2,12,13)(H,14,15). The van der Waals surface area contributed by atoms with E-state index in [4.69, 9.17) is 15.6 Å². The summed E-state index contributed by atoms with van der Waals surface area (Å²) in [4.78, 5) is 15.0. The SMILES string of the molecule is CC1(C)Cc2cc(C(=O)O)c(N)nc2CO1. The van der Waals surface area contributed by atoms with Crippen molar-refractivity contribution in [2.24, 2.45) is 0 Å². The molecule has 86 valence electrons. The first kappa shape index (κ1) is 10.9.